The van der Waals surface area contributed by atoms with Crippen molar-refractivity contribution < 1.29 is 19.2 Å². The zero-order valence-electron chi connectivity index (χ0n) is 8.37. The lowest BCUT2D eigenvalue weighted by atomic mass is 10.2. The number of aromatic nitrogens is 2. The number of carbonyl (C=O) groups excluding carboxylic acids is 2. The van der Waals surface area contributed by atoms with Crippen LogP contribution in [0.1, 0.15) is 18.8 Å². The molecule has 1 N–H and O–H groups in total. The highest BCUT2D eigenvalue weighted by molar-refractivity contribution is 6.35. The van der Waals surface area contributed by atoms with Crippen molar-refractivity contribution in [3.8, 4) is 0 Å². The molecule has 0 fully saturated rings. The smallest absolute Gasteiger partial charge is 0.382 e. The van der Waals surface area contributed by atoms with Crippen LogP contribution in [0.25, 0.3) is 0 Å². The Bertz CT molecular complexity index is 400. The van der Waals surface area contributed by atoms with Crippen LogP contribution in [-0.4, -0.2) is 33.3 Å². The highest BCUT2D eigenvalue weighted by Crippen LogP contribution is 2.13. The molecule has 1 atom stereocenters. The first-order valence-corrected chi connectivity index (χ1v) is 4.41. The van der Waals surface area contributed by atoms with Crippen molar-refractivity contribution in [1.29, 1.82) is 0 Å². The Morgan fingerprint density at radius 1 is 1.69 bits per heavy atom. The minimum Gasteiger partial charge on any atom is -0.460 e. The van der Waals surface area contributed by atoms with Gasteiger partial charge in [0.25, 0.3) is 0 Å². The number of carbonyl (C=O) groups is 2. The summed E-state index contributed by atoms with van der Waals surface area (Å²) < 4.78 is 4.40. The van der Waals surface area contributed by atoms with Crippen LogP contribution in [-0.2, 0) is 14.3 Å². The van der Waals surface area contributed by atoms with Gasteiger partial charge in [-0.15, -0.1) is 0 Å². The zero-order valence-corrected chi connectivity index (χ0v) is 8.37. The highest BCUT2D eigenvalue weighted by Gasteiger charge is 2.39. The molecule has 0 bridgehead atoms. The topological polar surface area (TPSA) is 115 Å². The van der Waals surface area contributed by atoms with Crippen LogP contribution in [0.5, 0.6) is 0 Å². The normalized spacial score (nSPS) is 11.8. The number of ketones is 1. The number of aromatic amines is 1. The lowest BCUT2D eigenvalue weighted by Gasteiger charge is -2.04. The summed E-state index contributed by atoms with van der Waals surface area (Å²) in [7, 11) is 0. The average Bonchev–Trinajstić information content (AvgIpc) is 2.71. The maximum Gasteiger partial charge on any atom is 0.382 e. The lowest BCUT2D eigenvalue weighted by molar-refractivity contribution is -0.514. The molecule has 0 aliphatic heterocycles. The van der Waals surface area contributed by atoms with E-state index in [4.69, 9.17) is 0 Å². The number of Topliss-reactive ketones (excluding diaryl/α,β-unsaturated/α-hetero) is 1. The molecular weight excluding hydrogens is 218 g/mol. The fraction of sp³-hybridized carbons (Fsp3) is 0.375. The quantitative estimate of drug-likeness (QED) is 0.324. The molecule has 0 aliphatic rings. The SMILES string of the molecule is CCOC(=O)C(=O)C(c1ncc[nH]1)[N+](=O)[O-]. The second-order valence-electron chi connectivity index (χ2n) is 2.75. The molecule has 0 aliphatic carbocycles. The van der Waals surface area contributed by atoms with Gasteiger partial charge in [0.05, 0.1) is 6.61 Å². The van der Waals surface area contributed by atoms with Gasteiger partial charge >= 0.3 is 17.8 Å². The first-order chi connectivity index (χ1) is 7.57. The number of ether oxygens (including phenoxy) is 1. The Kier molecular flexibility index (Phi) is 3.70. The predicted molar refractivity (Wildman–Crippen MR) is 50.0 cm³/mol. The third-order valence-corrected chi connectivity index (χ3v) is 1.71. The van der Waals surface area contributed by atoms with Crippen LogP contribution in [0, 0.1) is 10.1 Å². The van der Waals surface area contributed by atoms with Crippen molar-refractivity contribution in [2.75, 3.05) is 6.61 Å². The molecule has 0 spiro atoms. The van der Waals surface area contributed by atoms with Crippen LogP contribution in [0.15, 0.2) is 12.4 Å². The van der Waals surface area contributed by atoms with Gasteiger partial charge in [0.1, 0.15) is 0 Å². The first-order valence-electron chi connectivity index (χ1n) is 4.41. The number of imidazole rings is 1. The molecule has 1 unspecified atom stereocenters. The number of nitrogens with zero attached hydrogens (tertiary/aromatic N) is 2. The Labute approximate surface area is 89.8 Å². The largest absolute Gasteiger partial charge is 0.460 e. The van der Waals surface area contributed by atoms with E-state index >= 15 is 0 Å². The molecule has 8 heteroatoms. The summed E-state index contributed by atoms with van der Waals surface area (Å²) >= 11 is 0. The van der Waals surface area contributed by atoms with Gasteiger partial charge in [-0.1, -0.05) is 0 Å². The first kappa shape index (κ1) is 11.8. The van der Waals surface area contributed by atoms with Gasteiger partial charge in [0.2, 0.25) is 0 Å². The van der Waals surface area contributed by atoms with E-state index < -0.39 is 22.7 Å². The number of nitrogens with one attached hydrogen (secondary N) is 1. The van der Waals surface area contributed by atoms with E-state index in [-0.39, 0.29) is 12.4 Å². The van der Waals surface area contributed by atoms with Crippen molar-refractivity contribution in [2.24, 2.45) is 0 Å². The number of nitro groups is 1. The van der Waals surface area contributed by atoms with E-state index in [1.807, 2.05) is 0 Å². The zero-order chi connectivity index (χ0) is 12.1. The molecule has 1 heterocycles. The van der Waals surface area contributed by atoms with E-state index in [0.717, 1.165) is 0 Å². The minimum atomic E-state index is -1.84. The molecule has 1 rings (SSSR count). The van der Waals surface area contributed by atoms with Gasteiger partial charge in [-0.25, -0.2) is 9.78 Å². The Hall–Kier alpha value is -2.25. The fourth-order valence-corrected chi connectivity index (χ4v) is 1.06. The second kappa shape index (κ2) is 5.01. The highest BCUT2D eigenvalue weighted by atomic mass is 16.6. The molecule has 0 amide bonds. The maximum absolute atomic E-state index is 11.4. The van der Waals surface area contributed by atoms with Gasteiger partial charge in [-0.05, 0) is 6.92 Å². The molecule has 8 nitrogen and oxygen atoms in total. The number of hydrogen-bond acceptors (Lipinski definition) is 6. The summed E-state index contributed by atoms with van der Waals surface area (Å²) in [6, 6.07) is -1.84. The van der Waals surface area contributed by atoms with E-state index in [1.165, 1.54) is 19.3 Å². The lowest BCUT2D eigenvalue weighted by Crippen LogP contribution is -2.30. The minimum absolute atomic E-state index is 0.0207. The summed E-state index contributed by atoms with van der Waals surface area (Å²) in [5.41, 5.74) is 0. The Morgan fingerprint density at radius 3 is 2.81 bits per heavy atom. The second-order valence-corrected chi connectivity index (χ2v) is 2.75. The van der Waals surface area contributed by atoms with Crippen LogP contribution < -0.4 is 0 Å². The van der Waals surface area contributed by atoms with Gasteiger partial charge < -0.3 is 9.72 Å². The average molecular weight is 227 g/mol. The van der Waals surface area contributed by atoms with Crippen LogP contribution in [0.3, 0.4) is 0 Å². The molecule has 1 aromatic heterocycles. The van der Waals surface area contributed by atoms with Crippen molar-refractivity contribution in [3.63, 3.8) is 0 Å². The number of esters is 1. The van der Waals surface area contributed by atoms with Crippen LogP contribution >= 0.6 is 0 Å². The molecule has 86 valence electrons. The van der Waals surface area contributed by atoms with Crippen molar-refractivity contribution >= 4 is 11.8 Å². The van der Waals surface area contributed by atoms with E-state index in [0.29, 0.717) is 0 Å². The Balaban J connectivity index is 2.92. The molecule has 0 aromatic carbocycles. The third-order valence-electron chi connectivity index (χ3n) is 1.71. The number of rotatable bonds is 5. The number of hydrogen-bond donors (Lipinski definition) is 1. The molecule has 1 aromatic rings. The van der Waals surface area contributed by atoms with Crippen LogP contribution in [0.2, 0.25) is 0 Å². The van der Waals surface area contributed by atoms with Crippen LogP contribution in [0.4, 0.5) is 0 Å². The Morgan fingerprint density at radius 2 is 2.38 bits per heavy atom. The van der Waals surface area contributed by atoms with Gasteiger partial charge in [-0.2, -0.15) is 0 Å². The molecule has 0 radical (unpaired) electrons. The fourth-order valence-electron chi connectivity index (χ4n) is 1.06. The van der Waals surface area contributed by atoms with Crippen molar-refractivity contribution in [2.45, 2.75) is 13.0 Å². The summed E-state index contributed by atoms with van der Waals surface area (Å²) in [5.74, 6) is -2.68. The molecule has 16 heavy (non-hydrogen) atoms. The monoisotopic (exact) mass is 227 g/mol. The van der Waals surface area contributed by atoms with Gasteiger partial charge in [0, 0.05) is 17.3 Å². The molecular formula is C8H9N3O5. The van der Waals surface area contributed by atoms with Gasteiger partial charge in [0.15, 0.2) is 5.82 Å². The van der Waals surface area contributed by atoms with E-state index in [9.17, 15) is 19.7 Å². The van der Waals surface area contributed by atoms with Gasteiger partial charge in [-0.3, -0.25) is 14.9 Å². The van der Waals surface area contributed by atoms with Crippen molar-refractivity contribution in [1.82, 2.24) is 9.97 Å². The summed E-state index contributed by atoms with van der Waals surface area (Å²) in [5, 5.41) is 10.7. The maximum atomic E-state index is 11.4. The summed E-state index contributed by atoms with van der Waals surface area (Å²) in [4.78, 5) is 38.2. The molecule has 0 saturated carbocycles. The van der Waals surface area contributed by atoms with E-state index in [2.05, 4.69) is 14.7 Å². The standard InChI is InChI=1S/C8H9N3O5/c1-2-16-8(13)6(12)5(11(14)15)7-9-3-4-10-7/h3-5H,2H2,1H3,(H,9,10). The summed E-state index contributed by atoms with van der Waals surface area (Å²) in [6.07, 6.45) is 2.58. The molecule has 0 saturated heterocycles. The predicted octanol–water partition coefficient (Wildman–Crippen LogP) is -0.140. The van der Waals surface area contributed by atoms with Crippen molar-refractivity contribution in [3.05, 3.63) is 28.3 Å². The third kappa shape index (κ3) is 2.41. The summed E-state index contributed by atoms with van der Waals surface area (Å²) in [6.45, 7) is 1.48. The number of H-pyrrole nitrogens is 1. The van der Waals surface area contributed by atoms with E-state index in [1.54, 1.807) is 0 Å².